The number of hydrogen-bond donors (Lipinski definition) is 3. The van der Waals surface area contributed by atoms with Crippen molar-refractivity contribution < 1.29 is 9.53 Å². The molecule has 0 aliphatic heterocycles. The molecule has 2 rings (SSSR count). The molecule has 0 saturated heterocycles. The van der Waals surface area contributed by atoms with Crippen LogP contribution >= 0.6 is 0 Å². The van der Waals surface area contributed by atoms with E-state index in [-0.39, 0.29) is 5.69 Å². The molecule has 0 spiro atoms. The van der Waals surface area contributed by atoms with Crippen LogP contribution in [0.15, 0.2) is 23.0 Å². The third-order valence-electron chi connectivity index (χ3n) is 2.35. The number of imidazole rings is 1. The number of aromatic amines is 2. The minimum atomic E-state index is -0.840. The minimum Gasteiger partial charge on any atom is -0.468 e. The van der Waals surface area contributed by atoms with E-state index in [2.05, 4.69) is 14.7 Å². The van der Waals surface area contributed by atoms with Gasteiger partial charge in [-0.05, 0) is 17.7 Å². The highest BCUT2D eigenvalue weighted by atomic mass is 16.5. The predicted molar refractivity (Wildman–Crippen MR) is 57.9 cm³/mol. The number of aromatic nitrogens is 2. The van der Waals surface area contributed by atoms with Gasteiger partial charge in [0.1, 0.15) is 6.04 Å². The smallest absolute Gasteiger partial charge is 0.327 e. The first-order valence-corrected chi connectivity index (χ1v) is 4.67. The molecule has 0 radical (unpaired) electrons. The van der Waals surface area contributed by atoms with Crippen molar-refractivity contribution >= 4 is 17.0 Å². The van der Waals surface area contributed by atoms with E-state index in [1.54, 1.807) is 18.2 Å². The van der Waals surface area contributed by atoms with Crippen molar-refractivity contribution in [3.05, 3.63) is 34.2 Å². The Bertz CT molecular complexity index is 584. The maximum atomic E-state index is 11.2. The lowest BCUT2D eigenvalue weighted by atomic mass is 10.1. The number of esters is 1. The summed E-state index contributed by atoms with van der Waals surface area (Å²) in [4.78, 5) is 27.4. The first-order valence-electron chi connectivity index (χ1n) is 4.67. The van der Waals surface area contributed by atoms with Gasteiger partial charge in [-0.1, -0.05) is 6.07 Å². The van der Waals surface area contributed by atoms with Crippen LogP contribution in [0, 0.1) is 0 Å². The second-order valence-electron chi connectivity index (χ2n) is 3.38. The van der Waals surface area contributed by atoms with Crippen LogP contribution in [-0.4, -0.2) is 23.0 Å². The molecule has 1 aromatic heterocycles. The summed E-state index contributed by atoms with van der Waals surface area (Å²) < 4.78 is 4.54. The van der Waals surface area contributed by atoms with E-state index in [0.717, 1.165) is 0 Å². The summed E-state index contributed by atoms with van der Waals surface area (Å²) in [5.41, 5.74) is 7.25. The number of nitrogens with two attached hydrogens (primary N) is 1. The molecule has 1 heterocycles. The average Bonchev–Trinajstić information content (AvgIpc) is 2.65. The molecule has 6 nitrogen and oxygen atoms in total. The van der Waals surface area contributed by atoms with Gasteiger partial charge in [0.05, 0.1) is 18.1 Å². The number of benzene rings is 1. The first-order chi connectivity index (χ1) is 7.61. The third kappa shape index (κ3) is 1.70. The highest BCUT2D eigenvalue weighted by Crippen LogP contribution is 2.16. The second kappa shape index (κ2) is 3.82. The monoisotopic (exact) mass is 221 g/mol. The van der Waals surface area contributed by atoms with Crippen LogP contribution in [0.4, 0.5) is 0 Å². The predicted octanol–water partition coefficient (Wildman–Crippen LogP) is 0.0290. The Labute approximate surface area is 90.4 Å². The zero-order valence-corrected chi connectivity index (χ0v) is 8.61. The van der Waals surface area contributed by atoms with Crippen LogP contribution in [0.25, 0.3) is 11.0 Å². The number of nitrogens with one attached hydrogen (secondary N) is 2. The van der Waals surface area contributed by atoms with E-state index in [1.165, 1.54) is 7.11 Å². The molecule has 0 bridgehead atoms. The van der Waals surface area contributed by atoms with Gasteiger partial charge in [0.15, 0.2) is 0 Å². The van der Waals surface area contributed by atoms with Crippen molar-refractivity contribution in [2.45, 2.75) is 6.04 Å². The van der Waals surface area contributed by atoms with E-state index in [1.807, 2.05) is 0 Å². The van der Waals surface area contributed by atoms with Crippen molar-refractivity contribution in [3.63, 3.8) is 0 Å². The highest BCUT2D eigenvalue weighted by molar-refractivity contribution is 5.81. The summed E-state index contributed by atoms with van der Waals surface area (Å²) in [5, 5.41) is 0. The van der Waals surface area contributed by atoms with Crippen molar-refractivity contribution in [1.29, 1.82) is 0 Å². The van der Waals surface area contributed by atoms with Gasteiger partial charge in [0.2, 0.25) is 0 Å². The summed E-state index contributed by atoms with van der Waals surface area (Å²) in [6, 6.07) is 4.17. The van der Waals surface area contributed by atoms with Crippen molar-refractivity contribution in [1.82, 2.24) is 9.97 Å². The van der Waals surface area contributed by atoms with Crippen molar-refractivity contribution in [2.24, 2.45) is 5.73 Å². The maximum Gasteiger partial charge on any atom is 0.327 e. The zero-order valence-electron chi connectivity index (χ0n) is 8.61. The molecule has 1 atom stereocenters. The van der Waals surface area contributed by atoms with Gasteiger partial charge >= 0.3 is 11.7 Å². The molecule has 0 amide bonds. The SMILES string of the molecule is COC(=O)C(N)c1ccc2[nH]c(=O)[nH]c2c1. The van der Waals surface area contributed by atoms with E-state index >= 15 is 0 Å². The Kier molecular flexibility index (Phi) is 2.49. The number of H-pyrrole nitrogens is 2. The molecule has 0 aliphatic rings. The van der Waals surface area contributed by atoms with Gasteiger partial charge in [-0.15, -0.1) is 0 Å². The second-order valence-corrected chi connectivity index (χ2v) is 3.38. The molecule has 0 fully saturated rings. The lowest BCUT2D eigenvalue weighted by molar-refractivity contribution is -0.142. The van der Waals surface area contributed by atoms with E-state index < -0.39 is 12.0 Å². The lowest BCUT2D eigenvalue weighted by Crippen LogP contribution is -2.22. The van der Waals surface area contributed by atoms with E-state index in [9.17, 15) is 9.59 Å². The Morgan fingerprint density at radius 1 is 1.38 bits per heavy atom. The van der Waals surface area contributed by atoms with Gasteiger partial charge in [-0.25, -0.2) is 4.79 Å². The summed E-state index contributed by atoms with van der Waals surface area (Å²) >= 11 is 0. The van der Waals surface area contributed by atoms with Gasteiger partial charge < -0.3 is 20.4 Å². The van der Waals surface area contributed by atoms with Gasteiger partial charge in [-0.2, -0.15) is 0 Å². The zero-order chi connectivity index (χ0) is 11.7. The van der Waals surface area contributed by atoms with Crippen molar-refractivity contribution in [2.75, 3.05) is 7.11 Å². The molecular weight excluding hydrogens is 210 g/mol. The molecule has 2 aromatic rings. The van der Waals surface area contributed by atoms with Crippen LogP contribution in [-0.2, 0) is 9.53 Å². The fraction of sp³-hybridized carbons (Fsp3) is 0.200. The third-order valence-corrected chi connectivity index (χ3v) is 2.35. The molecule has 84 valence electrons. The van der Waals surface area contributed by atoms with Crippen LogP contribution < -0.4 is 11.4 Å². The molecule has 4 N–H and O–H groups in total. The topological polar surface area (TPSA) is 101 Å². The summed E-state index contributed by atoms with van der Waals surface area (Å²) in [6.07, 6.45) is 0. The summed E-state index contributed by atoms with van der Waals surface area (Å²) in [7, 11) is 1.28. The molecule has 0 aliphatic carbocycles. The molecule has 1 unspecified atom stereocenters. The summed E-state index contributed by atoms with van der Waals surface area (Å²) in [6.45, 7) is 0. The van der Waals surface area contributed by atoms with Crippen LogP contribution in [0.2, 0.25) is 0 Å². The Balaban J connectivity index is 2.46. The Hall–Kier alpha value is -2.08. The van der Waals surface area contributed by atoms with E-state index in [0.29, 0.717) is 16.6 Å². The average molecular weight is 221 g/mol. The molecule has 16 heavy (non-hydrogen) atoms. The number of fused-ring (bicyclic) bond motifs is 1. The number of ether oxygens (including phenoxy) is 1. The minimum absolute atomic E-state index is 0.293. The Morgan fingerprint density at radius 3 is 2.75 bits per heavy atom. The normalized spacial score (nSPS) is 12.6. The fourth-order valence-corrected chi connectivity index (χ4v) is 1.51. The lowest BCUT2D eigenvalue weighted by Gasteiger charge is -2.08. The largest absolute Gasteiger partial charge is 0.468 e. The number of carbonyl (C=O) groups is 1. The standard InChI is InChI=1S/C10H11N3O3/c1-16-9(14)8(11)5-2-3-6-7(4-5)13-10(15)12-6/h2-4,8H,11H2,1H3,(H2,12,13,15). The molecule has 1 aromatic carbocycles. The molecular formula is C10H11N3O3. The maximum absolute atomic E-state index is 11.2. The molecule has 6 heteroatoms. The van der Waals surface area contributed by atoms with Crippen LogP contribution in [0.3, 0.4) is 0 Å². The number of rotatable bonds is 2. The fourth-order valence-electron chi connectivity index (χ4n) is 1.51. The Morgan fingerprint density at radius 2 is 2.06 bits per heavy atom. The highest BCUT2D eigenvalue weighted by Gasteiger charge is 2.16. The molecule has 0 saturated carbocycles. The number of hydrogen-bond acceptors (Lipinski definition) is 4. The van der Waals surface area contributed by atoms with Crippen molar-refractivity contribution in [3.8, 4) is 0 Å². The van der Waals surface area contributed by atoms with Gasteiger partial charge in [0, 0.05) is 0 Å². The first kappa shape index (κ1) is 10.4. The number of methoxy groups -OCH3 is 1. The quantitative estimate of drug-likeness (QED) is 0.622. The summed E-state index contributed by atoms with van der Waals surface area (Å²) in [5.74, 6) is -0.516. The van der Waals surface area contributed by atoms with Crippen LogP contribution in [0.5, 0.6) is 0 Å². The van der Waals surface area contributed by atoms with Gasteiger partial charge in [-0.3, -0.25) is 4.79 Å². The van der Waals surface area contributed by atoms with Gasteiger partial charge in [0.25, 0.3) is 0 Å². The number of carbonyl (C=O) groups excluding carboxylic acids is 1. The van der Waals surface area contributed by atoms with E-state index in [4.69, 9.17) is 5.73 Å². The van der Waals surface area contributed by atoms with Crippen LogP contribution in [0.1, 0.15) is 11.6 Å².